The van der Waals surface area contributed by atoms with E-state index in [4.69, 9.17) is 9.47 Å². The Morgan fingerprint density at radius 3 is 2.58 bits per heavy atom. The van der Waals surface area contributed by atoms with E-state index in [-0.39, 0.29) is 5.91 Å². The summed E-state index contributed by atoms with van der Waals surface area (Å²) in [5.41, 5.74) is 0.492. The molecule has 0 radical (unpaired) electrons. The van der Waals surface area contributed by atoms with Crippen LogP contribution in [0.15, 0.2) is 18.2 Å². The SMILES string of the molecule is COc1ccc(OC)c(C(=O)NCCCN(C)C)c1. The molecule has 5 heteroatoms. The Bertz CT molecular complexity index is 419. The van der Waals surface area contributed by atoms with Crippen molar-refractivity contribution in [1.82, 2.24) is 10.2 Å². The fraction of sp³-hybridized carbons (Fsp3) is 0.500. The van der Waals surface area contributed by atoms with E-state index in [0.717, 1.165) is 13.0 Å². The predicted molar refractivity (Wildman–Crippen MR) is 75.1 cm³/mol. The fourth-order valence-corrected chi connectivity index (χ4v) is 1.68. The molecule has 0 aliphatic carbocycles. The van der Waals surface area contributed by atoms with Crippen molar-refractivity contribution in [3.05, 3.63) is 23.8 Å². The molecule has 1 N–H and O–H groups in total. The molecule has 0 saturated heterocycles. The number of methoxy groups -OCH3 is 2. The normalized spacial score (nSPS) is 10.4. The van der Waals surface area contributed by atoms with Gasteiger partial charge in [0.15, 0.2) is 0 Å². The second-order valence-corrected chi connectivity index (χ2v) is 4.48. The smallest absolute Gasteiger partial charge is 0.255 e. The first-order valence-corrected chi connectivity index (χ1v) is 6.23. The highest BCUT2D eigenvalue weighted by Gasteiger charge is 2.12. The van der Waals surface area contributed by atoms with Gasteiger partial charge in [0, 0.05) is 6.54 Å². The van der Waals surface area contributed by atoms with Crippen LogP contribution >= 0.6 is 0 Å². The summed E-state index contributed by atoms with van der Waals surface area (Å²) in [5, 5.41) is 2.88. The Kier molecular flexibility index (Phi) is 6.15. The van der Waals surface area contributed by atoms with Crippen LogP contribution in [-0.4, -0.2) is 52.2 Å². The van der Waals surface area contributed by atoms with Gasteiger partial charge in [-0.25, -0.2) is 0 Å². The van der Waals surface area contributed by atoms with Gasteiger partial charge in [0.1, 0.15) is 11.5 Å². The molecule has 1 aromatic rings. The quantitative estimate of drug-likeness (QED) is 0.758. The van der Waals surface area contributed by atoms with Gasteiger partial charge >= 0.3 is 0 Å². The van der Waals surface area contributed by atoms with E-state index >= 15 is 0 Å². The van der Waals surface area contributed by atoms with Crippen LogP contribution < -0.4 is 14.8 Å². The second kappa shape index (κ2) is 7.63. The third-order valence-corrected chi connectivity index (χ3v) is 2.72. The van der Waals surface area contributed by atoms with Crippen LogP contribution in [0, 0.1) is 0 Å². The molecule has 5 nitrogen and oxygen atoms in total. The van der Waals surface area contributed by atoms with E-state index in [1.807, 2.05) is 14.1 Å². The molecule has 0 spiro atoms. The van der Waals surface area contributed by atoms with Crippen LogP contribution in [0.25, 0.3) is 0 Å². The van der Waals surface area contributed by atoms with E-state index in [1.54, 1.807) is 32.4 Å². The Morgan fingerprint density at radius 2 is 2.00 bits per heavy atom. The molecular weight excluding hydrogens is 244 g/mol. The molecule has 19 heavy (non-hydrogen) atoms. The predicted octanol–water partition coefficient (Wildman–Crippen LogP) is 1.39. The summed E-state index contributed by atoms with van der Waals surface area (Å²) < 4.78 is 10.3. The average molecular weight is 266 g/mol. The zero-order valence-corrected chi connectivity index (χ0v) is 12.0. The highest BCUT2D eigenvalue weighted by molar-refractivity contribution is 5.97. The molecule has 1 amide bonds. The van der Waals surface area contributed by atoms with E-state index < -0.39 is 0 Å². The van der Waals surface area contributed by atoms with Gasteiger partial charge in [-0.1, -0.05) is 0 Å². The number of rotatable bonds is 7. The number of nitrogens with one attached hydrogen (secondary N) is 1. The number of benzene rings is 1. The molecule has 0 bridgehead atoms. The standard InChI is InChI=1S/C14H22N2O3/c1-16(2)9-5-8-15-14(17)12-10-11(18-3)6-7-13(12)19-4/h6-7,10H,5,8-9H2,1-4H3,(H,15,17). The highest BCUT2D eigenvalue weighted by atomic mass is 16.5. The minimum atomic E-state index is -0.144. The van der Waals surface area contributed by atoms with Gasteiger partial charge in [-0.15, -0.1) is 0 Å². The zero-order chi connectivity index (χ0) is 14.3. The van der Waals surface area contributed by atoms with Crippen LogP contribution in [-0.2, 0) is 0 Å². The zero-order valence-electron chi connectivity index (χ0n) is 12.0. The van der Waals surface area contributed by atoms with E-state index in [1.165, 1.54) is 0 Å². The van der Waals surface area contributed by atoms with E-state index in [2.05, 4.69) is 10.2 Å². The van der Waals surface area contributed by atoms with Crippen molar-refractivity contribution in [3.8, 4) is 11.5 Å². The molecule has 106 valence electrons. The monoisotopic (exact) mass is 266 g/mol. The molecule has 0 fully saturated rings. The lowest BCUT2D eigenvalue weighted by Crippen LogP contribution is -2.27. The minimum absolute atomic E-state index is 0.144. The number of carbonyl (C=O) groups is 1. The number of hydrogen-bond donors (Lipinski definition) is 1. The molecule has 0 atom stereocenters. The van der Waals surface area contributed by atoms with Crippen molar-refractivity contribution in [1.29, 1.82) is 0 Å². The number of hydrogen-bond acceptors (Lipinski definition) is 4. The van der Waals surface area contributed by atoms with E-state index in [9.17, 15) is 4.79 Å². The van der Waals surface area contributed by atoms with Crippen molar-refractivity contribution >= 4 is 5.91 Å². The van der Waals surface area contributed by atoms with Crippen molar-refractivity contribution < 1.29 is 14.3 Å². The van der Waals surface area contributed by atoms with Gasteiger partial charge in [0.25, 0.3) is 5.91 Å². The molecule has 1 rings (SSSR count). The van der Waals surface area contributed by atoms with Gasteiger partial charge < -0.3 is 19.7 Å². The van der Waals surface area contributed by atoms with Crippen LogP contribution in [0.3, 0.4) is 0 Å². The van der Waals surface area contributed by atoms with Gasteiger partial charge in [0.05, 0.1) is 19.8 Å². The lowest BCUT2D eigenvalue weighted by molar-refractivity contribution is 0.0949. The Labute approximate surface area is 114 Å². The largest absolute Gasteiger partial charge is 0.497 e. The molecule has 1 aromatic carbocycles. The summed E-state index contributed by atoms with van der Waals surface area (Å²) in [5.74, 6) is 1.04. The van der Waals surface area contributed by atoms with Gasteiger partial charge in [-0.05, 0) is 45.3 Å². The van der Waals surface area contributed by atoms with Crippen LogP contribution in [0.2, 0.25) is 0 Å². The molecule has 0 aromatic heterocycles. The minimum Gasteiger partial charge on any atom is -0.497 e. The third kappa shape index (κ3) is 4.79. The fourth-order valence-electron chi connectivity index (χ4n) is 1.68. The number of carbonyl (C=O) groups excluding carboxylic acids is 1. The summed E-state index contributed by atoms with van der Waals surface area (Å²) in [6.07, 6.45) is 0.908. The first-order chi connectivity index (χ1) is 9.08. The molecule has 0 unspecified atom stereocenters. The van der Waals surface area contributed by atoms with Gasteiger partial charge in [-0.2, -0.15) is 0 Å². The van der Waals surface area contributed by atoms with E-state index in [0.29, 0.717) is 23.6 Å². The summed E-state index contributed by atoms with van der Waals surface area (Å²) in [6.45, 7) is 1.58. The summed E-state index contributed by atoms with van der Waals surface area (Å²) in [6, 6.07) is 5.18. The van der Waals surface area contributed by atoms with Crippen molar-refractivity contribution in [2.75, 3.05) is 41.4 Å². The summed E-state index contributed by atoms with van der Waals surface area (Å²) in [7, 11) is 7.13. The molecular formula is C14H22N2O3. The Morgan fingerprint density at radius 1 is 1.26 bits per heavy atom. The lowest BCUT2D eigenvalue weighted by atomic mass is 10.1. The topological polar surface area (TPSA) is 50.8 Å². The number of nitrogens with zero attached hydrogens (tertiary/aromatic N) is 1. The highest BCUT2D eigenvalue weighted by Crippen LogP contribution is 2.23. The van der Waals surface area contributed by atoms with Crippen molar-refractivity contribution in [2.45, 2.75) is 6.42 Å². The summed E-state index contributed by atoms with van der Waals surface area (Å²) >= 11 is 0. The first-order valence-electron chi connectivity index (χ1n) is 6.23. The third-order valence-electron chi connectivity index (χ3n) is 2.72. The molecule has 0 saturated carbocycles. The lowest BCUT2D eigenvalue weighted by Gasteiger charge is -2.12. The van der Waals surface area contributed by atoms with Gasteiger partial charge in [-0.3, -0.25) is 4.79 Å². The van der Waals surface area contributed by atoms with Crippen LogP contribution in [0.5, 0.6) is 11.5 Å². The Balaban J connectivity index is 2.64. The molecule has 0 aliphatic heterocycles. The Hall–Kier alpha value is -1.75. The molecule has 0 aliphatic rings. The van der Waals surface area contributed by atoms with Crippen molar-refractivity contribution in [2.24, 2.45) is 0 Å². The maximum atomic E-state index is 12.1. The summed E-state index contributed by atoms with van der Waals surface area (Å²) in [4.78, 5) is 14.2. The maximum Gasteiger partial charge on any atom is 0.255 e. The van der Waals surface area contributed by atoms with Crippen molar-refractivity contribution in [3.63, 3.8) is 0 Å². The van der Waals surface area contributed by atoms with Gasteiger partial charge in [0.2, 0.25) is 0 Å². The average Bonchev–Trinajstić information content (AvgIpc) is 2.42. The second-order valence-electron chi connectivity index (χ2n) is 4.48. The van der Waals surface area contributed by atoms with Crippen LogP contribution in [0.1, 0.15) is 16.8 Å². The number of ether oxygens (including phenoxy) is 2. The number of amides is 1. The van der Waals surface area contributed by atoms with Crippen LogP contribution in [0.4, 0.5) is 0 Å². The maximum absolute atomic E-state index is 12.1. The molecule has 0 heterocycles. The first kappa shape index (κ1) is 15.3.